The van der Waals surface area contributed by atoms with Gasteiger partial charge < -0.3 is 10.2 Å². The molecule has 0 aliphatic rings. The highest BCUT2D eigenvalue weighted by Gasteiger charge is 2.27. The van der Waals surface area contributed by atoms with Crippen molar-refractivity contribution in [1.29, 1.82) is 5.26 Å². The second-order valence-electron chi connectivity index (χ2n) is 3.43. The van der Waals surface area contributed by atoms with Gasteiger partial charge in [-0.1, -0.05) is 0 Å². The fourth-order valence-electron chi connectivity index (χ4n) is 0.951. The van der Waals surface area contributed by atoms with Crippen LogP contribution in [0.3, 0.4) is 0 Å². The summed E-state index contributed by atoms with van der Waals surface area (Å²) in [5.41, 5.74) is 0. The SMILES string of the molecule is CC(CC#N)N(C)C(=O)CNCC(F)(F)F. The Morgan fingerprint density at radius 3 is 2.56 bits per heavy atom. The molecule has 0 aromatic rings. The van der Waals surface area contributed by atoms with E-state index in [1.165, 1.54) is 11.9 Å². The Bertz CT molecular complexity index is 272. The molecular formula is C9H14F3N3O. The maximum Gasteiger partial charge on any atom is 0.401 e. The summed E-state index contributed by atoms with van der Waals surface area (Å²) in [4.78, 5) is 12.6. The van der Waals surface area contributed by atoms with E-state index in [0.717, 1.165) is 0 Å². The van der Waals surface area contributed by atoms with E-state index in [-0.39, 0.29) is 19.0 Å². The zero-order chi connectivity index (χ0) is 12.8. The number of likely N-dealkylation sites (N-methyl/N-ethyl adjacent to an activating group) is 1. The number of carbonyl (C=O) groups excluding carboxylic acids is 1. The number of amides is 1. The second-order valence-corrected chi connectivity index (χ2v) is 3.43. The van der Waals surface area contributed by atoms with Crippen molar-refractivity contribution in [3.05, 3.63) is 0 Å². The largest absolute Gasteiger partial charge is 0.401 e. The summed E-state index contributed by atoms with van der Waals surface area (Å²) < 4.78 is 35.3. The first-order chi connectivity index (χ1) is 7.28. The third-order valence-electron chi connectivity index (χ3n) is 2.04. The van der Waals surface area contributed by atoms with Gasteiger partial charge >= 0.3 is 6.18 Å². The third kappa shape index (κ3) is 6.24. The number of carbonyl (C=O) groups is 1. The highest BCUT2D eigenvalue weighted by atomic mass is 19.4. The Morgan fingerprint density at radius 2 is 2.12 bits per heavy atom. The van der Waals surface area contributed by atoms with E-state index >= 15 is 0 Å². The van der Waals surface area contributed by atoms with Gasteiger partial charge in [0.1, 0.15) is 0 Å². The molecule has 4 nitrogen and oxygen atoms in total. The molecule has 1 N–H and O–H groups in total. The molecule has 1 unspecified atom stereocenters. The van der Waals surface area contributed by atoms with Gasteiger partial charge in [-0.2, -0.15) is 18.4 Å². The lowest BCUT2D eigenvalue weighted by Crippen LogP contribution is -2.42. The molecule has 7 heteroatoms. The number of alkyl halides is 3. The second kappa shape index (κ2) is 6.33. The van der Waals surface area contributed by atoms with Crippen LogP contribution in [0.25, 0.3) is 0 Å². The number of hydrogen-bond donors (Lipinski definition) is 1. The summed E-state index contributed by atoms with van der Waals surface area (Å²) >= 11 is 0. The van der Waals surface area contributed by atoms with Crippen molar-refractivity contribution >= 4 is 5.91 Å². The minimum absolute atomic E-state index is 0.154. The fraction of sp³-hybridized carbons (Fsp3) is 0.778. The normalized spacial score (nSPS) is 13.0. The Morgan fingerprint density at radius 1 is 1.56 bits per heavy atom. The van der Waals surface area contributed by atoms with Gasteiger partial charge in [-0.05, 0) is 6.92 Å². The first-order valence-corrected chi connectivity index (χ1v) is 4.68. The molecule has 16 heavy (non-hydrogen) atoms. The molecule has 0 aliphatic carbocycles. The van der Waals surface area contributed by atoms with Gasteiger partial charge in [-0.3, -0.25) is 4.79 Å². The average molecular weight is 237 g/mol. The summed E-state index contributed by atoms with van der Waals surface area (Å²) in [5.74, 6) is -0.466. The lowest BCUT2D eigenvalue weighted by molar-refractivity contribution is -0.134. The minimum Gasteiger partial charge on any atom is -0.341 e. The molecule has 1 amide bonds. The Hall–Kier alpha value is -1.29. The van der Waals surface area contributed by atoms with Crippen LogP contribution in [0, 0.1) is 11.3 Å². The van der Waals surface area contributed by atoms with Crippen molar-refractivity contribution in [2.75, 3.05) is 20.1 Å². The molecule has 0 rings (SSSR count). The molecule has 0 saturated carbocycles. The Kier molecular flexibility index (Phi) is 5.82. The van der Waals surface area contributed by atoms with Gasteiger partial charge in [0.15, 0.2) is 0 Å². The van der Waals surface area contributed by atoms with E-state index in [9.17, 15) is 18.0 Å². The van der Waals surface area contributed by atoms with Gasteiger partial charge in [0, 0.05) is 13.1 Å². The highest BCUT2D eigenvalue weighted by molar-refractivity contribution is 5.78. The van der Waals surface area contributed by atoms with E-state index < -0.39 is 18.6 Å². The highest BCUT2D eigenvalue weighted by Crippen LogP contribution is 2.12. The first-order valence-electron chi connectivity index (χ1n) is 4.68. The average Bonchev–Trinajstić information content (AvgIpc) is 2.14. The summed E-state index contributed by atoms with van der Waals surface area (Å²) in [6.45, 7) is 0.0792. The predicted octanol–water partition coefficient (Wildman–Crippen LogP) is 0.899. The topological polar surface area (TPSA) is 56.1 Å². The smallest absolute Gasteiger partial charge is 0.341 e. The van der Waals surface area contributed by atoms with Gasteiger partial charge in [0.05, 0.1) is 25.6 Å². The van der Waals surface area contributed by atoms with E-state index in [4.69, 9.17) is 5.26 Å². The maximum atomic E-state index is 11.8. The molecule has 0 aromatic carbocycles. The summed E-state index contributed by atoms with van der Waals surface area (Å²) in [6.07, 6.45) is -4.17. The number of hydrogen-bond acceptors (Lipinski definition) is 3. The van der Waals surface area contributed by atoms with Gasteiger partial charge in [-0.25, -0.2) is 0 Å². The van der Waals surface area contributed by atoms with Gasteiger partial charge in [-0.15, -0.1) is 0 Å². The third-order valence-corrected chi connectivity index (χ3v) is 2.04. The summed E-state index contributed by atoms with van der Waals surface area (Å²) in [6, 6.07) is 1.59. The Labute approximate surface area is 92.0 Å². The van der Waals surface area contributed by atoms with Crippen LogP contribution in [0.5, 0.6) is 0 Å². The van der Waals surface area contributed by atoms with Crippen LogP contribution < -0.4 is 5.32 Å². The van der Waals surface area contributed by atoms with Crippen molar-refractivity contribution in [3.8, 4) is 6.07 Å². The fourth-order valence-corrected chi connectivity index (χ4v) is 0.951. The predicted molar refractivity (Wildman–Crippen MR) is 51.4 cm³/mol. The molecule has 92 valence electrons. The zero-order valence-corrected chi connectivity index (χ0v) is 9.14. The van der Waals surface area contributed by atoms with Gasteiger partial charge in [0.25, 0.3) is 0 Å². The summed E-state index contributed by atoms with van der Waals surface area (Å²) in [5, 5.41) is 10.4. The van der Waals surface area contributed by atoms with Crippen molar-refractivity contribution in [2.45, 2.75) is 25.6 Å². The minimum atomic E-state index is -4.32. The summed E-state index contributed by atoms with van der Waals surface area (Å²) in [7, 11) is 1.46. The van der Waals surface area contributed by atoms with Crippen LogP contribution in [0.2, 0.25) is 0 Å². The standard InChI is InChI=1S/C9H14F3N3O/c1-7(3-4-13)15(2)8(16)5-14-6-9(10,11)12/h7,14H,3,5-6H2,1-2H3. The van der Waals surface area contributed by atoms with Crippen LogP contribution in [0.1, 0.15) is 13.3 Å². The monoisotopic (exact) mass is 237 g/mol. The molecule has 0 saturated heterocycles. The molecule has 1 atom stereocenters. The van der Waals surface area contributed by atoms with Crippen LogP contribution in [-0.4, -0.2) is 43.2 Å². The van der Waals surface area contributed by atoms with E-state index in [2.05, 4.69) is 0 Å². The van der Waals surface area contributed by atoms with Crippen molar-refractivity contribution in [3.63, 3.8) is 0 Å². The molecule has 0 heterocycles. The molecule has 0 spiro atoms. The number of nitrogens with zero attached hydrogens (tertiary/aromatic N) is 2. The number of nitriles is 1. The van der Waals surface area contributed by atoms with Crippen LogP contribution in [0.15, 0.2) is 0 Å². The van der Waals surface area contributed by atoms with Gasteiger partial charge in [0.2, 0.25) is 5.91 Å². The van der Waals surface area contributed by atoms with Crippen molar-refractivity contribution < 1.29 is 18.0 Å². The van der Waals surface area contributed by atoms with Crippen LogP contribution in [-0.2, 0) is 4.79 Å². The quantitative estimate of drug-likeness (QED) is 0.772. The van der Waals surface area contributed by atoms with E-state index in [0.29, 0.717) is 0 Å². The molecular weight excluding hydrogens is 223 g/mol. The van der Waals surface area contributed by atoms with Crippen LogP contribution >= 0.6 is 0 Å². The number of nitrogens with one attached hydrogen (secondary N) is 1. The number of rotatable bonds is 5. The van der Waals surface area contributed by atoms with Crippen LogP contribution in [0.4, 0.5) is 13.2 Å². The lowest BCUT2D eigenvalue weighted by atomic mass is 10.2. The van der Waals surface area contributed by atoms with E-state index in [1.54, 1.807) is 6.92 Å². The molecule has 0 fully saturated rings. The molecule has 0 bridgehead atoms. The first kappa shape index (κ1) is 14.7. The number of halogens is 3. The molecule has 0 aliphatic heterocycles. The van der Waals surface area contributed by atoms with Crippen molar-refractivity contribution in [1.82, 2.24) is 10.2 Å². The Balaban J connectivity index is 3.94. The lowest BCUT2D eigenvalue weighted by Gasteiger charge is -2.23. The molecule has 0 aromatic heterocycles. The maximum absolute atomic E-state index is 11.8. The van der Waals surface area contributed by atoms with Crippen molar-refractivity contribution in [2.24, 2.45) is 0 Å². The molecule has 0 radical (unpaired) electrons. The van der Waals surface area contributed by atoms with E-state index in [1.807, 2.05) is 11.4 Å². The zero-order valence-electron chi connectivity index (χ0n) is 9.14.